The van der Waals surface area contributed by atoms with Crippen LogP contribution >= 0.6 is 0 Å². The summed E-state index contributed by atoms with van der Waals surface area (Å²) in [6.45, 7) is 1.52. The molecule has 2 amide bonds. The monoisotopic (exact) mass is 492 g/mol. The van der Waals surface area contributed by atoms with Crippen molar-refractivity contribution in [3.05, 3.63) is 48.0 Å². The molecule has 2 aromatic rings. The van der Waals surface area contributed by atoms with Crippen molar-refractivity contribution in [2.24, 2.45) is 0 Å². The summed E-state index contributed by atoms with van der Waals surface area (Å²) in [5.41, 5.74) is 0. The molecule has 0 bridgehead atoms. The number of fused-ring (bicyclic) bond motifs is 1. The van der Waals surface area contributed by atoms with E-state index >= 15 is 0 Å². The predicted octanol–water partition coefficient (Wildman–Crippen LogP) is 0.413. The molecule has 2 saturated heterocycles. The molecule has 182 valence electrons. The molecule has 0 aliphatic carbocycles. The maximum Gasteiger partial charge on any atom is 0.415 e. The second-order valence-corrected chi connectivity index (χ2v) is 9.86. The van der Waals surface area contributed by atoms with Gasteiger partial charge in [-0.05, 0) is 25.0 Å². The molecule has 3 unspecified atom stereocenters. The largest absolute Gasteiger partial charge is 0.618 e. The molecule has 0 aromatic carbocycles. The van der Waals surface area contributed by atoms with Gasteiger partial charge in [-0.25, -0.2) is 13.2 Å². The van der Waals surface area contributed by atoms with Gasteiger partial charge in [0.05, 0.1) is 18.8 Å². The Morgan fingerprint density at radius 3 is 2.79 bits per heavy atom. The first-order valence-corrected chi connectivity index (χ1v) is 12.2. The van der Waals surface area contributed by atoms with E-state index in [0.717, 1.165) is 10.5 Å². The number of pyridine rings is 1. The number of sulfonamides is 1. The third kappa shape index (κ3) is 4.35. The zero-order valence-corrected chi connectivity index (χ0v) is 19.1. The van der Waals surface area contributed by atoms with Crippen LogP contribution in [-0.2, 0) is 19.6 Å². The molecule has 0 spiro atoms. The molecule has 2 fully saturated rings. The van der Waals surface area contributed by atoms with Crippen LogP contribution in [0.2, 0.25) is 0 Å². The predicted molar refractivity (Wildman–Crippen MR) is 115 cm³/mol. The summed E-state index contributed by atoms with van der Waals surface area (Å²) < 4.78 is 37.4. The Bertz CT molecular complexity index is 1180. The number of nitrogens with one attached hydrogen (secondary N) is 1. The Balaban J connectivity index is 1.51. The Morgan fingerprint density at radius 2 is 2.12 bits per heavy atom. The average molecular weight is 493 g/mol. The van der Waals surface area contributed by atoms with Crippen LogP contribution in [-0.4, -0.2) is 66.6 Å². The highest BCUT2D eigenvalue weighted by Gasteiger charge is 2.55. The molecule has 0 radical (unpaired) electrons. The lowest BCUT2D eigenvalue weighted by Gasteiger charge is -2.27. The topological polar surface area (TPSA) is 153 Å². The molecule has 34 heavy (non-hydrogen) atoms. The molecule has 12 nitrogen and oxygen atoms in total. The summed E-state index contributed by atoms with van der Waals surface area (Å²) in [4.78, 5) is 39.7. The molecule has 1 N–H and O–H groups in total. The summed E-state index contributed by atoms with van der Waals surface area (Å²) in [6, 6.07) is 4.21. The molecule has 3 atom stereocenters. The van der Waals surface area contributed by atoms with Crippen molar-refractivity contribution in [3.8, 4) is 5.95 Å². The minimum Gasteiger partial charge on any atom is -0.618 e. The summed E-state index contributed by atoms with van der Waals surface area (Å²) >= 11 is 0. The Labute approximate surface area is 195 Å². The number of carbonyl (C=O) groups is 3. The zero-order valence-electron chi connectivity index (χ0n) is 18.3. The maximum absolute atomic E-state index is 13.3. The number of hydrogen-bond donors (Lipinski definition) is 1. The third-order valence-corrected chi connectivity index (χ3v) is 7.74. The number of carbonyl (C=O) groups excluding carboxylic acids is 3. The van der Waals surface area contributed by atoms with Crippen LogP contribution in [0.5, 0.6) is 5.95 Å². The first-order valence-electron chi connectivity index (χ1n) is 10.8. The lowest BCUT2D eigenvalue weighted by Crippen LogP contribution is -2.53. The number of rotatable bonds is 7. The van der Waals surface area contributed by atoms with E-state index < -0.39 is 57.5 Å². The van der Waals surface area contributed by atoms with Gasteiger partial charge in [0.15, 0.2) is 12.0 Å². The van der Waals surface area contributed by atoms with Crippen LogP contribution in [0.1, 0.15) is 26.2 Å². The van der Waals surface area contributed by atoms with Crippen LogP contribution < -0.4 is 14.8 Å². The first kappa shape index (κ1) is 23.7. The van der Waals surface area contributed by atoms with E-state index in [9.17, 15) is 28.0 Å². The van der Waals surface area contributed by atoms with Gasteiger partial charge in [-0.3, -0.25) is 9.59 Å². The van der Waals surface area contributed by atoms with Gasteiger partial charge < -0.3 is 24.6 Å². The highest BCUT2D eigenvalue weighted by Crippen LogP contribution is 2.33. The van der Waals surface area contributed by atoms with Gasteiger partial charge in [0.1, 0.15) is 12.1 Å². The fraction of sp³-hybridized carbons (Fsp3) is 0.429. The fourth-order valence-corrected chi connectivity index (χ4v) is 6.06. The zero-order chi connectivity index (χ0) is 24.5. The van der Waals surface area contributed by atoms with Gasteiger partial charge in [-0.2, -0.15) is 9.04 Å². The first-order chi connectivity index (χ1) is 16.2. The van der Waals surface area contributed by atoms with Gasteiger partial charge in [-0.1, -0.05) is 13.3 Å². The van der Waals surface area contributed by atoms with Crippen molar-refractivity contribution in [2.75, 3.05) is 13.1 Å². The number of nitrogens with zero attached hydrogens (tertiary/aromatic N) is 3. The number of Topliss-reactive ketones (excluding diaryl/α,β-unsaturated/α-hetero) is 1. The van der Waals surface area contributed by atoms with Crippen molar-refractivity contribution in [3.63, 3.8) is 0 Å². The van der Waals surface area contributed by atoms with E-state index in [4.69, 9.17) is 9.15 Å². The molecule has 2 aliphatic heterocycles. The highest BCUT2D eigenvalue weighted by atomic mass is 32.2. The van der Waals surface area contributed by atoms with Gasteiger partial charge in [0.2, 0.25) is 5.91 Å². The number of likely N-dealkylation sites (tertiary alicyclic amines) is 1. The van der Waals surface area contributed by atoms with Crippen molar-refractivity contribution >= 4 is 27.8 Å². The van der Waals surface area contributed by atoms with Crippen LogP contribution in [0.3, 0.4) is 0 Å². The smallest absolute Gasteiger partial charge is 0.415 e. The SMILES string of the molecule is CCCC(NC(=O)Oc1ccco1)C(=O)N1CCC2C1C(=O)CN2S(=O)(=O)c1cccc[n+]1[O-]. The second-order valence-electron chi connectivity index (χ2n) is 8.02. The number of amides is 2. The lowest BCUT2D eigenvalue weighted by molar-refractivity contribution is -0.646. The minimum atomic E-state index is -4.26. The van der Waals surface area contributed by atoms with Crippen LogP contribution in [0.15, 0.2) is 52.2 Å². The van der Waals surface area contributed by atoms with E-state index in [2.05, 4.69) is 5.32 Å². The summed E-state index contributed by atoms with van der Waals surface area (Å²) in [7, 11) is -4.26. The summed E-state index contributed by atoms with van der Waals surface area (Å²) in [5, 5.41) is 14.1. The van der Waals surface area contributed by atoms with Gasteiger partial charge in [-0.15, -0.1) is 0 Å². The average Bonchev–Trinajstić information content (AvgIpc) is 3.52. The molecule has 13 heteroatoms. The Morgan fingerprint density at radius 1 is 1.32 bits per heavy atom. The molecule has 0 saturated carbocycles. The second kappa shape index (κ2) is 9.43. The molecule has 4 rings (SSSR count). The normalized spacial score (nSPS) is 21.3. The number of hydrogen-bond acceptors (Lipinski definition) is 8. The van der Waals surface area contributed by atoms with E-state index in [-0.39, 0.29) is 30.1 Å². The van der Waals surface area contributed by atoms with Crippen LogP contribution in [0.25, 0.3) is 0 Å². The van der Waals surface area contributed by atoms with Gasteiger partial charge in [0.25, 0.3) is 5.95 Å². The molecule has 4 heterocycles. The van der Waals surface area contributed by atoms with Gasteiger partial charge in [0, 0.05) is 24.7 Å². The molecule has 2 aliphatic rings. The molecular weight excluding hydrogens is 468 g/mol. The van der Waals surface area contributed by atoms with E-state index in [1.807, 2.05) is 6.92 Å². The quantitative estimate of drug-likeness (QED) is 0.431. The standard InChI is InChI=1S/C21H24N4O8S/c1-2-6-14(22-21(28)33-18-8-5-12-32-18)20(27)23-11-9-15-19(23)16(26)13-25(15)34(30,31)17-7-3-4-10-24(17)29/h3-5,7-8,10,12,14-15,19H,2,6,9,11,13H2,1H3,(H,22,28). The van der Waals surface area contributed by atoms with Crippen LogP contribution in [0.4, 0.5) is 4.79 Å². The maximum atomic E-state index is 13.3. The number of aromatic nitrogens is 1. The fourth-order valence-electron chi connectivity index (χ4n) is 4.40. The minimum absolute atomic E-state index is 0.0372. The van der Waals surface area contributed by atoms with Crippen molar-refractivity contribution < 1.29 is 36.7 Å². The van der Waals surface area contributed by atoms with Crippen LogP contribution in [0, 0.1) is 5.21 Å². The number of furan rings is 1. The van der Waals surface area contributed by atoms with Crippen molar-refractivity contribution in [2.45, 2.75) is 49.3 Å². The number of ketones is 1. The summed E-state index contributed by atoms with van der Waals surface area (Å²) in [5.74, 6) is -0.983. The Hall–Kier alpha value is -3.45. The lowest BCUT2D eigenvalue weighted by atomic mass is 10.1. The van der Waals surface area contributed by atoms with Crippen molar-refractivity contribution in [1.29, 1.82) is 0 Å². The third-order valence-electron chi connectivity index (χ3n) is 5.88. The highest BCUT2D eigenvalue weighted by molar-refractivity contribution is 7.89. The van der Waals surface area contributed by atoms with Crippen molar-refractivity contribution in [1.82, 2.24) is 14.5 Å². The molecular formula is C21H24N4O8S. The van der Waals surface area contributed by atoms with E-state index in [0.29, 0.717) is 6.42 Å². The van der Waals surface area contributed by atoms with E-state index in [1.165, 1.54) is 41.5 Å². The Kier molecular flexibility index (Phi) is 6.57. The van der Waals surface area contributed by atoms with Gasteiger partial charge >= 0.3 is 21.1 Å². The summed E-state index contributed by atoms with van der Waals surface area (Å²) in [6.07, 6.45) is 2.58. The molecule has 2 aromatic heterocycles. The van der Waals surface area contributed by atoms with E-state index in [1.54, 1.807) is 0 Å². The number of ether oxygens (including phenoxy) is 1.